The van der Waals surface area contributed by atoms with E-state index in [4.69, 9.17) is 0 Å². The second-order valence-electron chi connectivity index (χ2n) is 5.64. The number of amides is 3. The summed E-state index contributed by atoms with van der Waals surface area (Å²) in [7, 11) is 0. The number of hydrogen-bond donors (Lipinski definition) is 1. The van der Waals surface area contributed by atoms with Crippen molar-refractivity contribution in [2.45, 2.75) is 45.2 Å². The number of imide groups is 1. The van der Waals surface area contributed by atoms with Crippen LogP contribution < -0.4 is 5.32 Å². The summed E-state index contributed by atoms with van der Waals surface area (Å²) in [6, 6.07) is 5.36. The summed E-state index contributed by atoms with van der Waals surface area (Å²) in [5.41, 5.74) is 2.88. The molecule has 2 heterocycles. The minimum absolute atomic E-state index is 0.109. The number of nitrogens with one attached hydrogen (secondary N) is 1. The van der Waals surface area contributed by atoms with Gasteiger partial charge in [-0.3, -0.25) is 19.7 Å². The third kappa shape index (κ3) is 2.44. The Morgan fingerprint density at radius 2 is 2.10 bits per heavy atom. The number of fused-ring (bicyclic) bond motifs is 1. The fourth-order valence-corrected chi connectivity index (χ4v) is 3.07. The van der Waals surface area contributed by atoms with Gasteiger partial charge in [0.15, 0.2) is 0 Å². The van der Waals surface area contributed by atoms with Gasteiger partial charge in [-0.15, -0.1) is 0 Å². The van der Waals surface area contributed by atoms with E-state index in [0.717, 1.165) is 18.4 Å². The third-order valence-electron chi connectivity index (χ3n) is 4.13. The van der Waals surface area contributed by atoms with E-state index in [1.165, 1.54) is 5.56 Å². The van der Waals surface area contributed by atoms with E-state index in [-0.39, 0.29) is 24.1 Å². The molecule has 2 aliphatic rings. The summed E-state index contributed by atoms with van der Waals surface area (Å²) in [5.74, 6) is -0.727. The number of carbonyl (C=O) groups excluding carboxylic acids is 3. The maximum absolute atomic E-state index is 12.5. The van der Waals surface area contributed by atoms with E-state index in [1.54, 1.807) is 4.90 Å². The van der Waals surface area contributed by atoms with Gasteiger partial charge in [0.25, 0.3) is 5.91 Å². The first-order valence-corrected chi connectivity index (χ1v) is 7.36. The smallest absolute Gasteiger partial charge is 0.255 e. The number of carbonyl (C=O) groups is 3. The average molecular weight is 286 g/mol. The van der Waals surface area contributed by atoms with Crippen molar-refractivity contribution in [1.29, 1.82) is 0 Å². The lowest BCUT2D eigenvalue weighted by Crippen LogP contribution is -2.52. The molecule has 1 atom stereocenters. The molecule has 2 aliphatic heterocycles. The summed E-state index contributed by atoms with van der Waals surface area (Å²) < 4.78 is 0. The molecule has 1 aromatic carbocycles. The van der Waals surface area contributed by atoms with Gasteiger partial charge in [-0.05, 0) is 30.0 Å². The number of rotatable bonds is 3. The molecule has 1 N–H and O–H groups in total. The first-order chi connectivity index (χ1) is 10.1. The van der Waals surface area contributed by atoms with E-state index in [0.29, 0.717) is 18.5 Å². The van der Waals surface area contributed by atoms with Crippen LogP contribution in [0.5, 0.6) is 0 Å². The maximum atomic E-state index is 12.5. The van der Waals surface area contributed by atoms with Crippen molar-refractivity contribution in [2.75, 3.05) is 0 Å². The molecule has 1 unspecified atom stereocenters. The lowest BCUT2D eigenvalue weighted by atomic mass is 10.0. The molecule has 110 valence electrons. The molecule has 3 amide bonds. The van der Waals surface area contributed by atoms with Gasteiger partial charge in [-0.1, -0.05) is 25.5 Å². The normalized spacial score (nSPS) is 21.5. The second kappa shape index (κ2) is 5.31. The Hall–Kier alpha value is -2.17. The third-order valence-corrected chi connectivity index (χ3v) is 4.13. The van der Waals surface area contributed by atoms with Gasteiger partial charge < -0.3 is 4.90 Å². The molecule has 0 bridgehead atoms. The molecule has 5 heteroatoms. The Bertz CT molecular complexity index is 624. The van der Waals surface area contributed by atoms with Gasteiger partial charge in [-0.2, -0.15) is 0 Å². The van der Waals surface area contributed by atoms with Crippen molar-refractivity contribution >= 4 is 17.7 Å². The molecule has 0 aromatic heterocycles. The highest BCUT2D eigenvalue weighted by Crippen LogP contribution is 2.28. The molecule has 1 saturated heterocycles. The van der Waals surface area contributed by atoms with Crippen LogP contribution in [-0.2, 0) is 22.6 Å². The standard InChI is InChI=1S/C16H18N2O3/c1-2-3-10-4-5-12-11(8-10)9-18(16(12)21)13-6-7-14(19)17-15(13)20/h4-5,8,13H,2-3,6-7,9H2,1H3,(H,17,19,20). The van der Waals surface area contributed by atoms with Crippen molar-refractivity contribution in [1.82, 2.24) is 10.2 Å². The molecule has 3 rings (SSSR count). The van der Waals surface area contributed by atoms with Crippen LogP contribution in [0.4, 0.5) is 0 Å². The fourth-order valence-electron chi connectivity index (χ4n) is 3.07. The lowest BCUT2D eigenvalue weighted by molar-refractivity contribution is -0.136. The van der Waals surface area contributed by atoms with Crippen molar-refractivity contribution in [2.24, 2.45) is 0 Å². The van der Waals surface area contributed by atoms with Gasteiger partial charge >= 0.3 is 0 Å². The van der Waals surface area contributed by atoms with Crippen LogP contribution in [0.3, 0.4) is 0 Å². The summed E-state index contributed by atoms with van der Waals surface area (Å²) in [5, 5.41) is 2.31. The molecule has 0 aliphatic carbocycles. The average Bonchev–Trinajstić information content (AvgIpc) is 2.76. The second-order valence-corrected chi connectivity index (χ2v) is 5.64. The predicted molar refractivity (Wildman–Crippen MR) is 76.5 cm³/mol. The van der Waals surface area contributed by atoms with Gasteiger partial charge in [0.1, 0.15) is 6.04 Å². The minimum Gasteiger partial charge on any atom is -0.322 e. The highest BCUT2D eigenvalue weighted by Gasteiger charge is 2.38. The number of nitrogens with zero attached hydrogens (tertiary/aromatic N) is 1. The topological polar surface area (TPSA) is 66.5 Å². The maximum Gasteiger partial charge on any atom is 0.255 e. The fraction of sp³-hybridized carbons (Fsp3) is 0.438. The van der Waals surface area contributed by atoms with Crippen molar-refractivity contribution in [3.8, 4) is 0 Å². The molecular formula is C16H18N2O3. The van der Waals surface area contributed by atoms with Gasteiger partial charge in [0.05, 0.1) is 0 Å². The van der Waals surface area contributed by atoms with Gasteiger partial charge in [0, 0.05) is 18.5 Å². The van der Waals surface area contributed by atoms with E-state index in [9.17, 15) is 14.4 Å². The van der Waals surface area contributed by atoms with Gasteiger partial charge in [0.2, 0.25) is 11.8 Å². The monoisotopic (exact) mass is 286 g/mol. The van der Waals surface area contributed by atoms with Crippen molar-refractivity contribution < 1.29 is 14.4 Å². The zero-order valence-corrected chi connectivity index (χ0v) is 12.0. The number of aryl methyl sites for hydroxylation is 1. The quantitative estimate of drug-likeness (QED) is 0.854. The van der Waals surface area contributed by atoms with Crippen LogP contribution in [0.2, 0.25) is 0 Å². The summed E-state index contributed by atoms with van der Waals surface area (Å²) in [6.07, 6.45) is 2.74. The molecule has 1 aromatic rings. The zero-order valence-electron chi connectivity index (χ0n) is 12.0. The number of benzene rings is 1. The Morgan fingerprint density at radius 1 is 1.29 bits per heavy atom. The minimum atomic E-state index is -0.530. The van der Waals surface area contributed by atoms with Crippen molar-refractivity contribution in [3.63, 3.8) is 0 Å². The van der Waals surface area contributed by atoms with Gasteiger partial charge in [-0.25, -0.2) is 0 Å². The SMILES string of the molecule is CCCc1ccc2c(c1)CN(C1CCC(=O)NC1=O)C2=O. The molecule has 0 saturated carbocycles. The zero-order chi connectivity index (χ0) is 15.0. The van der Waals surface area contributed by atoms with Crippen LogP contribution in [0, 0.1) is 0 Å². The number of piperidine rings is 1. The summed E-state index contributed by atoms with van der Waals surface area (Å²) in [4.78, 5) is 37.2. The van der Waals surface area contributed by atoms with E-state index in [1.807, 2.05) is 12.1 Å². The highest BCUT2D eigenvalue weighted by atomic mass is 16.2. The highest BCUT2D eigenvalue weighted by molar-refractivity contribution is 6.05. The predicted octanol–water partition coefficient (Wildman–Crippen LogP) is 1.40. The molecule has 5 nitrogen and oxygen atoms in total. The lowest BCUT2D eigenvalue weighted by Gasteiger charge is -2.29. The molecule has 0 spiro atoms. The molecular weight excluding hydrogens is 268 g/mol. The van der Waals surface area contributed by atoms with Crippen LogP contribution in [0.1, 0.15) is 47.7 Å². The molecule has 1 fully saturated rings. The molecule has 0 radical (unpaired) electrons. The first kappa shape index (κ1) is 13.8. The van der Waals surface area contributed by atoms with E-state index in [2.05, 4.69) is 18.3 Å². The van der Waals surface area contributed by atoms with Crippen LogP contribution in [0.15, 0.2) is 18.2 Å². The number of hydrogen-bond acceptors (Lipinski definition) is 3. The first-order valence-electron chi connectivity index (χ1n) is 7.36. The Kier molecular flexibility index (Phi) is 3.49. The van der Waals surface area contributed by atoms with E-state index < -0.39 is 6.04 Å². The Morgan fingerprint density at radius 3 is 2.81 bits per heavy atom. The Balaban J connectivity index is 1.83. The molecule has 21 heavy (non-hydrogen) atoms. The largest absolute Gasteiger partial charge is 0.322 e. The van der Waals surface area contributed by atoms with Crippen LogP contribution in [0.25, 0.3) is 0 Å². The van der Waals surface area contributed by atoms with Crippen LogP contribution >= 0.6 is 0 Å². The van der Waals surface area contributed by atoms with E-state index >= 15 is 0 Å². The van der Waals surface area contributed by atoms with Crippen LogP contribution in [-0.4, -0.2) is 28.7 Å². The summed E-state index contributed by atoms with van der Waals surface area (Å²) in [6.45, 7) is 2.58. The van der Waals surface area contributed by atoms with Crippen molar-refractivity contribution in [3.05, 3.63) is 34.9 Å². The summed E-state index contributed by atoms with van der Waals surface area (Å²) >= 11 is 0. The Labute approximate surface area is 123 Å².